The first-order chi connectivity index (χ1) is 14.9. The molecule has 2 aromatic rings. The van der Waals surface area contributed by atoms with Gasteiger partial charge >= 0.3 is 0 Å². The van der Waals surface area contributed by atoms with E-state index in [9.17, 15) is 9.59 Å². The number of rotatable bonds is 6. The molecule has 2 amide bonds. The molecule has 2 bridgehead atoms. The number of carbonyl (C=O) groups is 2. The van der Waals surface area contributed by atoms with Gasteiger partial charge in [0.25, 0.3) is 0 Å². The van der Waals surface area contributed by atoms with Crippen molar-refractivity contribution in [3.63, 3.8) is 0 Å². The summed E-state index contributed by atoms with van der Waals surface area (Å²) in [7, 11) is 1.62. The summed E-state index contributed by atoms with van der Waals surface area (Å²) in [5.74, 6) is -0.441. The van der Waals surface area contributed by atoms with Crippen molar-refractivity contribution in [1.82, 2.24) is 10.2 Å². The van der Waals surface area contributed by atoms with E-state index in [0.717, 1.165) is 16.9 Å². The maximum Gasteiger partial charge on any atom is 0.230 e. The van der Waals surface area contributed by atoms with Gasteiger partial charge in [-0.15, -0.1) is 0 Å². The van der Waals surface area contributed by atoms with Crippen molar-refractivity contribution in [1.29, 1.82) is 0 Å². The Morgan fingerprint density at radius 2 is 1.87 bits per heavy atom. The van der Waals surface area contributed by atoms with Crippen LogP contribution in [-0.2, 0) is 27.4 Å². The minimum atomic E-state index is -0.761. The summed E-state index contributed by atoms with van der Waals surface area (Å²) < 4.78 is 11.6. The highest BCUT2D eigenvalue weighted by molar-refractivity contribution is 5.93. The first-order valence-electron chi connectivity index (χ1n) is 10.6. The molecule has 1 N–H and O–H groups in total. The number of benzene rings is 2. The summed E-state index contributed by atoms with van der Waals surface area (Å²) in [5.41, 5.74) is 0.556. The number of carbonyl (C=O) groups excluding carboxylic acids is 2. The maximum absolute atomic E-state index is 13.4. The first kappa shape index (κ1) is 19.8. The van der Waals surface area contributed by atoms with Crippen molar-refractivity contribution in [3.05, 3.63) is 77.9 Å². The molecule has 1 spiro atoms. The smallest absolute Gasteiger partial charge is 0.230 e. The monoisotopic (exact) mass is 418 g/mol. The third-order valence-electron chi connectivity index (χ3n) is 6.72. The van der Waals surface area contributed by atoms with Crippen LogP contribution in [0.5, 0.6) is 5.75 Å². The number of hydrogen-bond donors (Lipinski definition) is 1. The maximum atomic E-state index is 13.4. The van der Waals surface area contributed by atoms with Crippen LogP contribution in [0.15, 0.2) is 66.7 Å². The van der Waals surface area contributed by atoms with Gasteiger partial charge in [0.05, 0.1) is 31.1 Å². The Morgan fingerprint density at radius 1 is 1.13 bits per heavy atom. The summed E-state index contributed by atoms with van der Waals surface area (Å²) in [4.78, 5) is 28.5. The van der Waals surface area contributed by atoms with Crippen molar-refractivity contribution in [3.8, 4) is 5.75 Å². The van der Waals surface area contributed by atoms with Crippen LogP contribution < -0.4 is 10.1 Å². The highest BCUT2D eigenvalue weighted by atomic mass is 16.5. The summed E-state index contributed by atoms with van der Waals surface area (Å²) in [6.45, 7) is 3.29. The van der Waals surface area contributed by atoms with E-state index in [1.807, 2.05) is 78.6 Å². The number of nitrogens with one attached hydrogen (secondary N) is 1. The molecule has 160 valence electrons. The molecule has 2 aromatic carbocycles. The molecule has 0 saturated carbocycles. The van der Waals surface area contributed by atoms with Crippen LogP contribution in [-0.4, -0.2) is 41.6 Å². The van der Waals surface area contributed by atoms with Crippen LogP contribution in [0.4, 0.5) is 0 Å². The normalized spacial score (nSPS) is 30.5. The van der Waals surface area contributed by atoms with Gasteiger partial charge in [0.1, 0.15) is 11.4 Å². The highest BCUT2D eigenvalue weighted by Gasteiger charge is 2.71. The fourth-order valence-corrected chi connectivity index (χ4v) is 5.23. The second-order valence-electron chi connectivity index (χ2n) is 8.78. The van der Waals surface area contributed by atoms with Crippen molar-refractivity contribution in [2.45, 2.75) is 31.2 Å². The van der Waals surface area contributed by atoms with Gasteiger partial charge in [0.2, 0.25) is 11.8 Å². The summed E-state index contributed by atoms with van der Waals surface area (Å²) in [6.07, 6.45) is 3.95. The summed E-state index contributed by atoms with van der Waals surface area (Å²) in [6, 6.07) is 17.5. The Labute approximate surface area is 181 Å². The quantitative estimate of drug-likeness (QED) is 0.733. The number of fused-ring (bicyclic) bond motifs is 1. The van der Waals surface area contributed by atoms with Gasteiger partial charge in [0.15, 0.2) is 0 Å². The lowest BCUT2D eigenvalue weighted by molar-refractivity contribution is -0.139. The second-order valence-corrected chi connectivity index (χ2v) is 8.78. The Kier molecular flexibility index (Phi) is 4.63. The third kappa shape index (κ3) is 3.22. The molecule has 0 aromatic heterocycles. The molecule has 3 aliphatic heterocycles. The first-order valence-corrected chi connectivity index (χ1v) is 10.6. The van der Waals surface area contributed by atoms with Crippen molar-refractivity contribution >= 4 is 11.8 Å². The van der Waals surface area contributed by atoms with Crippen LogP contribution in [0.3, 0.4) is 0 Å². The predicted octanol–water partition coefficient (Wildman–Crippen LogP) is 2.68. The second kappa shape index (κ2) is 7.24. The molecule has 0 unspecified atom stereocenters. The molecule has 3 heterocycles. The Bertz CT molecular complexity index is 1040. The fraction of sp³-hybridized carbons (Fsp3) is 0.360. The Morgan fingerprint density at radius 3 is 2.58 bits per heavy atom. The third-order valence-corrected chi connectivity index (χ3v) is 6.72. The molecule has 4 atom stereocenters. The Hall–Kier alpha value is -3.12. The van der Waals surface area contributed by atoms with Crippen LogP contribution in [0.2, 0.25) is 0 Å². The van der Waals surface area contributed by atoms with Crippen LogP contribution in [0, 0.1) is 11.8 Å². The van der Waals surface area contributed by atoms with Gasteiger partial charge < -0.3 is 19.7 Å². The molecule has 3 aliphatic rings. The Balaban J connectivity index is 1.33. The lowest BCUT2D eigenvalue weighted by atomic mass is 9.72. The van der Waals surface area contributed by atoms with Crippen molar-refractivity contribution in [2.75, 3.05) is 13.7 Å². The van der Waals surface area contributed by atoms with Crippen LogP contribution in [0.1, 0.15) is 18.1 Å². The van der Waals surface area contributed by atoms with Crippen molar-refractivity contribution < 1.29 is 19.1 Å². The molecular weight excluding hydrogens is 392 g/mol. The van der Waals surface area contributed by atoms with E-state index < -0.39 is 23.0 Å². The predicted molar refractivity (Wildman–Crippen MR) is 115 cm³/mol. The molecular formula is C25H26N2O4. The van der Waals surface area contributed by atoms with E-state index in [-0.39, 0.29) is 11.8 Å². The molecule has 31 heavy (non-hydrogen) atoms. The topological polar surface area (TPSA) is 67.9 Å². The lowest BCUT2D eigenvalue weighted by Crippen LogP contribution is -2.47. The van der Waals surface area contributed by atoms with Crippen molar-refractivity contribution in [2.24, 2.45) is 11.8 Å². The van der Waals surface area contributed by atoms with E-state index in [1.54, 1.807) is 7.11 Å². The standard InChI is InChI=1S/C25H26N2O4/c1-24-12-13-25(31-24)16-27(15-18-6-4-3-5-7-18)23(29)21(25)20(24)22(28)26-14-17-8-10-19(30-2)11-9-17/h3-13,20-21H,14-16H2,1-2H3,(H,26,28)/t20-,21+,24+,25+/m1/s1. The SMILES string of the molecule is COc1ccc(CNC(=O)[C@H]2[C@H]3C(=O)N(Cc4ccccc4)C[C@@]34C=C[C@]2(C)O4)cc1. The zero-order chi connectivity index (χ0) is 21.6. The van der Waals surface area contributed by atoms with E-state index in [1.165, 1.54) is 0 Å². The van der Waals surface area contributed by atoms with Gasteiger partial charge in [-0.05, 0) is 30.2 Å². The molecule has 5 rings (SSSR count). The fourth-order valence-electron chi connectivity index (χ4n) is 5.23. The number of ether oxygens (including phenoxy) is 2. The van der Waals surface area contributed by atoms with Crippen LogP contribution >= 0.6 is 0 Å². The zero-order valence-electron chi connectivity index (χ0n) is 17.7. The molecule has 2 fully saturated rings. The minimum Gasteiger partial charge on any atom is -0.497 e. The van der Waals surface area contributed by atoms with Gasteiger partial charge in [-0.1, -0.05) is 54.6 Å². The molecule has 6 nitrogen and oxygen atoms in total. The van der Waals surface area contributed by atoms with E-state index in [2.05, 4.69) is 5.32 Å². The van der Waals surface area contributed by atoms with Gasteiger partial charge in [-0.25, -0.2) is 0 Å². The average Bonchev–Trinajstić information content (AvgIpc) is 3.35. The molecule has 6 heteroatoms. The zero-order valence-corrected chi connectivity index (χ0v) is 17.7. The number of hydrogen-bond acceptors (Lipinski definition) is 4. The average molecular weight is 418 g/mol. The molecule has 2 saturated heterocycles. The minimum absolute atomic E-state index is 0.0125. The van der Waals surface area contributed by atoms with E-state index in [4.69, 9.17) is 9.47 Å². The van der Waals surface area contributed by atoms with Gasteiger partial charge in [0, 0.05) is 13.1 Å². The van der Waals surface area contributed by atoms with Gasteiger partial charge in [-0.2, -0.15) is 0 Å². The molecule has 0 aliphatic carbocycles. The summed E-state index contributed by atoms with van der Waals surface area (Å²) in [5, 5.41) is 3.02. The van der Waals surface area contributed by atoms with E-state index in [0.29, 0.717) is 19.6 Å². The number of nitrogens with zero attached hydrogens (tertiary/aromatic N) is 1. The lowest BCUT2D eigenvalue weighted by Gasteiger charge is -2.29. The summed E-state index contributed by atoms with van der Waals surface area (Å²) >= 11 is 0. The van der Waals surface area contributed by atoms with Crippen LogP contribution in [0.25, 0.3) is 0 Å². The number of likely N-dealkylation sites (tertiary alicyclic amines) is 1. The van der Waals surface area contributed by atoms with Gasteiger partial charge in [-0.3, -0.25) is 9.59 Å². The largest absolute Gasteiger partial charge is 0.497 e. The van der Waals surface area contributed by atoms with E-state index >= 15 is 0 Å². The highest BCUT2D eigenvalue weighted by Crippen LogP contribution is 2.57. The molecule has 0 radical (unpaired) electrons. The number of methoxy groups -OCH3 is 1. The number of amides is 2.